The number of ether oxygens (including phenoxy) is 1. The molecule has 4 nitrogen and oxygen atoms in total. The molecule has 1 saturated carbocycles. The van der Waals surface area contributed by atoms with E-state index < -0.39 is 39.8 Å². The number of carbonyl (C=O) groups is 1. The molecule has 1 fully saturated rings. The highest BCUT2D eigenvalue weighted by atomic mass is 35.5. The standard InChI is InChI=1S/C23H19ClF3NO3/c1-21(2)18(12-19(24)23(25,26)27)22(21,20(29)30)17(13-28)14-7-6-10-16(11-14)31-15-8-4-3-5-9-15/h3-12,17-18H,1-2H3,(H,29,30)/t17?,18?,22-/m0/s1. The van der Waals surface area contributed by atoms with Crippen molar-refractivity contribution in [3.05, 3.63) is 71.3 Å². The van der Waals surface area contributed by atoms with Gasteiger partial charge in [0.25, 0.3) is 0 Å². The summed E-state index contributed by atoms with van der Waals surface area (Å²) in [6.07, 6.45) is -4.08. The van der Waals surface area contributed by atoms with E-state index in [0.29, 0.717) is 23.1 Å². The number of benzene rings is 2. The van der Waals surface area contributed by atoms with Gasteiger partial charge in [-0.25, -0.2) is 0 Å². The number of carboxylic acid groups (broad SMARTS) is 1. The molecule has 0 heterocycles. The van der Waals surface area contributed by atoms with E-state index in [1.807, 2.05) is 12.1 Å². The molecule has 2 aromatic rings. The summed E-state index contributed by atoms with van der Waals surface area (Å²) in [5, 5.41) is 18.6. The van der Waals surface area contributed by atoms with E-state index in [9.17, 15) is 28.3 Å². The van der Waals surface area contributed by atoms with Crippen molar-refractivity contribution < 1.29 is 27.8 Å². The SMILES string of the molecule is CC1(C)C(C=C(Cl)C(F)(F)F)[C@]1(C(=O)O)C(C#N)c1cccc(Oc2ccccc2)c1. The van der Waals surface area contributed by atoms with Crippen molar-refractivity contribution in [2.75, 3.05) is 0 Å². The molecule has 1 aliphatic rings. The van der Waals surface area contributed by atoms with Gasteiger partial charge in [-0.3, -0.25) is 4.79 Å². The fourth-order valence-electron chi connectivity index (χ4n) is 4.32. The summed E-state index contributed by atoms with van der Waals surface area (Å²) in [6, 6.07) is 17.2. The number of hydrogen-bond donors (Lipinski definition) is 1. The Bertz CT molecular complexity index is 1060. The second kappa shape index (κ2) is 7.93. The molecule has 31 heavy (non-hydrogen) atoms. The van der Waals surface area contributed by atoms with Crippen LogP contribution >= 0.6 is 11.6 Å². The predicted molar refractivity (Wildman–Crippen MR) is 109 cm³/mol. The molecule has 0 amide bonds. The van der Waals surface area contributed by atoms with Crippen LogP contribution in [0.4, 0.5) is 13.2 Å². The summed E-state index contributed by atoms with van der Waals surface area (Å²) in [7, 11) is 0. The molecule has 1 N–H and O–H groups in total. The number of aliphatic carboxylic acids is 1. The Kier molecular flexibility index (Phi) is 5.81. The number of halogens is 4. The molecule has 0 bridgehead atoms. The van der Waals surface area contributed by atoms with Gasteiger partial charge in [-0.2, -0.15) is 18.4 Å². The number of para-hydroxylation sites is 1. The Labute approximate surface area is 182 Å². The van der Waals surface area contributed by atoms with Crippen LogP contribution in [0.2, 0.25) is 0 Å². The number of carboxylic acids is 1. The third kappa shape index (κ3) is 3.88. The van der Waals surface area contributed by atoms with Gasteiger partial charge in [0.15, 0.2) is 0 Å². The quantitative estimate of drug-likeness (QED) is 0.546. The zero-order chi connectivity index (χ0) is 23.0. The van der Waals surface area contributed by atoms with Gasteiger partial charge in [0.2, 0.25) is 0 Å². The van der Waals surface area contributed by atoms with Crippen molar-refractivity contribution in [3.63, 3.8) is 0 Å². The summed E-state index contributed by atoms with van der Waals surface area (Å²) in [4.78, 5) is 12.4. The van der Waals surface area contributed by atoms with Gasteiger partial charge in [0.1, 0.15) is 21.9 Å². The number of alkyl halides is 3. The Balaban J connectivity index is 2.03. The topological polar surface area (TPSA) is 70.3 Å². The van der Waals surface area contributed by atoms with Crippen molar-refractivity contribution in [3.8, 4) is 17.6 Å². The third-order valence-electron chi connectivity index (χ3n) is 5.94. The van der Waals surface area contributed by atoms with Gasteiger partial charge >= 0.3 is 12.1 Å². The summed E-state index contributed by atoms with van der Waals surface area (Å²) in [6.45, 7) is 3.05. The second-order valence-corrected chi connectivity index (χ2v) is 8.34. The monoisotopic (exact) mass is 449 g/mol. The minimum atomic E-state index is -4.80. The zero-order valence-corrected chi connectivity index (χ0v) is 17.4. The van der Waals surface area contributed by atoms with Crippen molar-refractivity contribution >= 4 is 17.6 Å². The predicted octanol–water partition coefficient (Wildman–Crippen LogP) is 6.50. The Morgan fingerprint density at radius 3 is 2.35 bits per heavy atom. The van der Waals surface area contributed by atoms with E-state index in [2.05, 4.69) is 0 Å². The Morgan fingerprint density at radius 1 is 1.19 bits per heavy atom. The lowest BCUT2D eigenvalue weighted by atomic mass is 9.78. The van der Waals surface area contributed by atoms with E-state index >= 15 is 0 Å². The largest absolute Gasteiger partial charge is 0.481 e. The number of nitrogens with zero attached hydrogens (tertiary/aromatic N) is 1. The van der Waals surface area contributed by atoms with Crippen LogP contribution in [0.3, 0.4) is 0 Å². The van der Waals surface area contributed by atoms with Gasteiger partial charge in [-0.15, -0.1) is 0 Å². The molecule has 0 aliphatic heterocycles. The molecule has 2 aromatic carbocycles. The van der Waals surface area contributed by atoms with Gasteiger partial charge in [-0.1, -0.05) is 61.9 Å². The third-order valence-corrected chi connectivity index (χ3v) is 6.28. The summed E-state index contributed by atoms with van der Waals surface area (Å²) in [5.74, 6) is -2.74. The van der Waals surface area contributed by atoms with E-state index in [1.165, 1.54) is 19.9 Å². The average Bonchev–Trinajstić information content (AvgIpc) is 3.18. The second-order valence-electron chi connectivity index (χ2n) is 7.94. The molecule has 0 radical (unpaired) electrons. The van der Waals surface area contributed by atoms with Gasteiger partial charge in [-0.05, 0) is 35.2 Å². The van der Waals surface area contributed by atoms with E-state index in [4.69, 9.17) is 16.3 Å². The zero-order valence-electron chi connectivity index (χ0n) is 16.7. The van der Waals surface area contributed by atoms with Crippen LogP contribution in [0.15, 0.2) is 65.7 Å². The summed E-state index contributed by atoms with van der Waals surface area (Å²) >= 11 is 5.40. The molecular formula is C23H19ClF3NO3. The first-order valence-electron chi connectivity index (χ1n) is 9.36. The molecular weight excluding hydrogens is 431 g/mol. The molecule has 0 saturated heterocycles. The van der Waals surface area contributed by atoms with Gasteiger partial charge < -0.3 is 9.84 Å². The van der Waals surface area contributed by atoms with Crippen LogP contribution < -0.4 is 4.74 Å². The first kappa shape index (κ1) is 22.7. The lowest BCUT2D eigenvalue weighted by molar-refractivity contribution is -0.145. The van der Waals surface area contributed by atoms with Crippen LogP contribution in [-0.4, -0.2) is 17.3 Å². The minimum absolute atomic E-state index is 0.338. The van der Waals surface area contributed by atoms with Crippen LogP contribution in [-0.2, 0) is 4.79 Å². The van der Waals surface area contributed by atoms with Crippen LogP contribution in [0, 0.1) is 28.1 Å². The smallest absolute Gasteiger partial charge is 0.426 e. The van der Waals surface area contributed by atoms with Crippen molar-refractivity contribution in [2.24, 2.45) is 16.7 Å². The van der Waals surface area contributed by atoms with Crippen LogP contribution in [0.5, 0.6) is 11.5 Å². The summed E-state index contributed by atoms with van der Waals surface area (Å²) < 4.78 is 44.7. The highest BCUT2D eigenvalue weighted by molar-refractivity contribution is 6.30. The van der Waals surface area contributed by atoms with Crippen molar-refractivity contribution in [2.45, 2.75) is 25.9 Å². The minimum Gasteiger partial charge on any atom is -0.481 e. The van der Waals surface area contributed by atoms with Crippen LogP contribution in [0.1, 0.15) is 25.3 Å². The fraction of sp³-hybridized carbons (Fsp3) is 0.304. The normalized spacial score (nSPS) is 23.5. The average molecular weight is 450 g/mol. The van der Waals surface area contributed by atoms with Gasteiger partial charge in [0.05, 0.1) is 12.0 Å². The first-order chi connectivity index (χ1) is 14.5. The van der Waals surface area contributed by atoms with E-state index in [0.717, 1.165) is 0 Å². The number of allylic oxidation sites excluding steroid dienone is 2. The Hall–Kier alpha value is -2.98. The van der Waals surface area contributed by atoms with Crippen LogP contribution in [0.25, 0.3) is 0 Å². The molecule has 1 aliphatic carbocycles. The number of nitriles is 1. The molecule has 0 spiro atoms. The van der Waals surface area contributed by atoms with Crippen molar-refractivity contribution in [1.29, 1.82) is 5.26 Å². The number of rotatable bonds is 6. The molecule has 3 rings (SSSR count). The fourth-order valence-corrected chi connectivity index (χ4v) is 4.45. The molecule has 2 unspecified atom stereocenters. The van der Waals surface area contributed by atoms with E-state index in [-0.39, 0.29) is 0 Å². The summed E-state index contributed by atoms with van der Waals surface area (Å²) in [5.41, 5.74) is -2.58. The number of hydrogen-bond acceptors (Lipinski definition) is 3. The molecule has 8 heteroatoms. The maximum Gasteiger partial charge on any atom is 0.426 e. The Morgan fingerprint density at radius 2 is 1.81 bits per heavy atom. The molecule has 162 valence electrons. The maximum atomic E-state index is 13.0. The molecule has 0 aromatic heterocycles. The van der Waals surface area contributed by atoms with Gasteiger partial charge in [0, 0.05) is 5.92 Å². The lowest BCUT2D eigenvalue weighted by Gasteiger charge is -2.22. The lowest BCUT2D eigenvalue weighted by Crippen LogP contribution is -2.29. The van der Waals surface area contributed by atoms with E-state index in [1.54, 1.807) is 42.5 Å². The highest BCUT2D eigenvalue weighted by Gasteiger charge is 2.78. The van der Waals surface area contributed by atoms with Crippen molar-refractivity contribution in [1.82, 2.24) is 0 Å². The first-order valence-corrected chi connectivity index (χ1v) is 9.74. The maximum absolute atomic E-state index is 13.0. The highest BCUT2D eigenvalue weighted by Crippen LogP contribution is 2.75. The molecule has 3 atom stereocenters.